The maximum absolute atomic E-state index is 10.2. The second-order valence-electron chi connectivity index (χ2n) is 5.78. The second kappa shape index (κ2) is 5.67. The van der Waals surface area contributed by atoms with E-state index in [4.69, 9.17) is 0 Å². The minimum absolute atomic E-state index is 0.344. The first-order chi connectivity index (χ1) is 7.39. The highest BCUT2D eigenvalue weighted by Gasteiger charge is 2.25. The van der Waals surface area contributed by atoms with Gasteiger partial charge in [-0.1, -0.05) is 23.3 Å². The Kier molecular flexibility index (Phi) is 4.79. The van der Waals surface area contributed by atoms with Gasteiger partial charge in [0.15, 0.2) is 0 Å². The van der Waals surface area contributed by atoms with Crippen molar-refractivity contribution in [2.45, 2.75) is 65.4 Å². The van der Waals surface area contributed by atoms with Crippen molar-refractivity contribution in [2.24, 2.45) is 5.92 Å². The number of hydrogen-bond donors (Lipinski definition) is 1. The molecule has 92 valence electrons. The molecule has 0 saturated heterocycles. The lowest BCUT2D eigenvalue weighted by molar-refractivity contribution is 0.0181. The van der Waals surface area contributed by atoms with E-state index in [2.05, 4.69) is 26.0 Å². The molecule has 1 aliphatic rings. The molecule has 0 heterocycles. The van der Waals surface area contributed by atoms with Crippen LogP contribution in [0.25, 0.3) is 0 Å². The zero-order valence-electron chi connectivity index (χ0n) is 11.2. The van der Waals surface area contributed by atoms with E-state index in [0.29, 0.717) is 5.92 Å². The van der Waals surface area contributed by atoms with Gasteiger partial charge in [0.05, 0.1) is 5.60 Å². The molecule has 0 fully saturated rings. The van der Waals surface area contributed by atoms with Gasteiger partial charge < -0.3 is 5.11 Å². The van der Waals surface area contributed by atoms with Gasteiger partial charge in [-0.25, -0.2) is 0 Å². The third-order valence-electron chi connectivity index (χ3n) is 3.59. The molecule has 0 aliphatic heterocycles. The molecular weight excluding hydrogens is 196 g/mol. The summed E-state index contributed by atoms with van der Waals surface area (Å²) in [5, 5.41) is 10.2. The second-order valence-corrected chi connectivity index (χ2v) is 5.78. The molecule has 0 aromatic rings. The van der Waals surface area contributed by atoms with Gasteiger partial charge in [0, 0.05) is 0 Å². The van der Waals surface area contributed by atoms with E-state index in [1.807, 2.05) is 13.8 Å². The highest BCUT2D eigenvalue weighted by atomic mass is 16.3. The third kappa shape index (κ3) is 4.52. The van der Waals surface area contributed by atoms with Gasteiger partial charge >= 0.3 is 0 Å². The Labute approximate surface area is 100 Å². The summed E-state index contributed by atoms with van der Waals surface area (Å²) >= 11 is 0. The average molecular weight is 222 g/mol. The lowest BCUT2D eigenvalue weighted by Gasteiger charge is -2.29. The van der Waals surface area contributed by atoms with Crippen LogP contribution in [0.15, 0.2) is 23.3 Å². The van der Waals surface area contributed by atoms with Crippen LogP contribution in [0.3, 0.4) is 0 Å². The van der Waals surface area contributed by atoms with E-state index < -0.39 is 5.60 Å². The van der Waals surface area contributed by atoms with Gasteiger partial charge in [0.2, 0.25) is 0 Å². The maximum atomic E-state index is 10.2. The largest absolute Gasteiger partial charge is 0.390 e. The Bertz CT molecular complexity index is 278. The summed E-state index contributed by atoms with van der Waals surface area (Å²) < 4.78 is 0. The fourth-order valence-electron chi connectivity index (χ4n) is 2.27. The van der Waals surface area contributed by atoms with Gasteiger partial charge in [0.1, 0.15) is 0 Å². The first-order valence-electron chi connectivity index (χ1n) is 6.43. The molecule has 0 aromatic carbocycles. The summed E-state index contributed by atoms with van der Waals surface area (Å²) in [6.45, 7) is 8.26. The minimum Gasteiger partial charge on any atom is -0.390 e. The maximum Gasteiger partial charge on any atom is 0.0625 e. The zero-order chi connectivity index (χ0) is 12.2. The Hall–Kier alpha value is -0.560. The molecule has 0 unspecified atom stereocenters. The molecule has 0 saturated carbocycles. The molecule has 1 heteroatoms. The molecule has 0 aromatic heterocycles. The predicted octanol–water partition coefficient (Wildman–Crippen LogP) is 4.23. The van der Waals surface area contributed by atoms with E-state index in [9.17, 15) is 5.11 Å². The molecular formula is C15H26O. The smallest absolute Gasteiger partial charge is 0.0625 e. The summed E-state index contributed by atoms with van der Waals surface area (Å²) in [5.41, 5.74) is 2.33. The van der Waals surface area contributed by atoms with Crippen LogP contribution in [0.1, 0.15) is 59.8 Å². The normalized spacial score (nSPS) is 31.2. The van der Waals surface area contributed by atoms with Crippen LogP contribution < -0.4 is 0 Å². The fourth-order valence-corrected chi connectivity index (χ4v) is 2.27. The molecule has 16 heavy (non-hydrogen) atoms. The number of aliphatic hydroxyl groups is 1. The van der Waals surface area contributed by atoms with Crippen molar-refractivity contribution in [3.63, 3.8) is 0 Å². The molecule has 1 atom stereocenters. The summed E-state index contributed by atoms with van der Waals surface area (Å²) in [5.74, 6) is 0.344. The summed E-state index contributed by atoms with van der Waals surface area (Å²) in [6, 6.07) is 0. The molecule has 1 nitrogen and oxygen atoms in total. The topological polar surface area (TPSA) is 20.2 Å². The summed E-state index contributed by atoms with van der Waals surface area (Å²) in [7, 11) is 0. The van der Waals surface area contributed by atoms with Crippen molar-refractivity contribution in [2.75, 3.05) is 0 Å². The lowest BCUT2D eigenvalue weighted by atomic mass is 9.82. The highest BCUT2D eigenvalue weighted by molar-refractivity contribution is 5.07. The first-order valence-corrected chi connectivity index (χ1v) is 6.43. The van der Waals surface area contributed by atoms with Crippen molar-refractivity contribution < 1.29 is 5.11 Å². The van der Waals surface area contributed by atoms with Crippen molar-refractivity contribution in [3.05, 3.63) is 23.3 Å². The lowest BCUT2D eigenvalue weighted by Crippen LogP contribution is -2.30. The van der Waals surface area contributed by atoms with Crippen LogP contribution in [-0.4, -0.2) is 10.7 Å². The number of allylic oxidation sites excluding steroid dienone is 4. The molecule has 1 N–H and O–H groups in total. The fraction of sp³-hybridized carbons (Fsp3) is 0.733. The molecule has 0 amide bonds. The molecule has 0 bridgehead atoms. The van der Waals surface area contributed by atoms with E-state index in [0.717, 1.165) is 12.8 Å². The van der Waals surface area contributed by atoms with Gasteiger partial charge in [-0.05, 0) is 65.7 Å². The minimum atomic E-state index is -0.578. The van der Waals surface area contributed by atoms with Gasteiger partial charge in [-0.15, -0.1) is 0 Å². The van der Waals surface area contributed by atoms with Crippen LogP contribution in [0.2, 0.25) is 0 Å². The van der Waals surface area contributed by atoms with E-state index in [-0.39, 0.29) is 0 Å². The zero-order valence-corrected chi connectivity index (χ0v) is 11.2. The monoisotopic (exact) mass is 222 g/mol. The van der Waals surface area contributed by atoms with Crippen molar-refractivity contribution in [3.8, 4) is 0 Å². The third-order valence-corrected chi connectivity index (χ3v) is 3.59. The Morgan fingerprint density at radius 2 is 1.88 bits per heavy atom. The van der Waals surface area contributed by atoms with Crippen LogP contribution in [-0.2, 0) is 0 Å². The average Bonchev–Trinajstić information content (AvgIpc) is 2.17. The molecule has 0 spiro atoms. The van der Waals surface area contributed by atoms with Crippen molar-refractivity contribution >= 4 is 0 Å². The Balaban J connectivity index is 2.79. The Morgan fingerprint density at radius 1 is 1.19 bits per heavy atom. The Morgan fingerprint density at radius 3 is 2.50 bits per heavy atom. The molecule has 1 rings (SSSR count). The van der Waals surface area contributed by atoms with Gasteiger partial charge in [-0.3, -0.25) is 0 Å². The van der Waals surface area contributed by atoms with Gasteiger partial charge in [0.25, 0.3) is 0 Å². The molecule has 1 aliphatic carbocycles. The van der Waals surface area contributed by atoms with E-state index in [1.54, 1.807) is 0 Å². The first kappa shape index (κ1) is 13.5. The standard InChI is InChI=1S/C15H26O/c1-12-7-5-6-8-13(2)11-14(10-9-12)15(3,4)16/h8-9,14,16H,5-7,10-11H2,1-4H3/b12-9-,13-8-/t14-/m1/s1. The van der Waals surface area contributed by atoms with E-state index >= 15 is 0 Å². The summed E-state index contributed by atoms with van der Waals surface area (Å²) in [6.07, 6.45) is 10.3. The number of rotatable bonds is 1. The van der Waals surface area contributed by atoms with Crippen molar-refractivity contribution in [1.82, 2.24) is 0 Å². The SMILES string of the molecule is C/C1=C/C[C@@H](C(C)(C)O)C/C(C)=C\CCC1. The quantitative estimate of drug-likeness (QED) is 0.658. The van der Waals surface area contributed by atoms with Crippen molar-refractivity contribution in [1.29, 1.82) is 0 Å². The van der Waals surface area contributed by atoms with Crippen LogP contribution in [0.4, 0.5) is 0 Å². The van der Waals surface area contributed by atoms with Crippen LogP contribution in [0, 0.1) is 5.92 Å². The number of hydrogen-bond acceptors (Lipinski definition) is 1. The van der Waals surface area contributed by atoms with Crippen LogP contribution >= 0.6 is 0 Å². The molecule has 0 radical (unpaired) electrons. The highest BCUT2D eigenvalue weighted by Crippen LogP contribution is 2.29. The van der Waals surface area contributed by atoms with E-state index in [1.165, 1.54) is 30.4 Å². The summed E-state index contributed by atoms with van der Waals surface area (Å²) in [4.78, 5) is 0. The van der Waals surface area contributed by atoms with Gasteiger partial charge in [-0.2, -0.15) is 0 Å². The predicted molar refractivity (Wildman–Crippen MR) is 70.4 cm³/mol. The van der Waals surface area contributed by atoms with Crippen LogP contribution in [0.5, 0.6) is 0 Å².